The van der Waals surface area contributed by atoms with Crippen molar-refractivity contribution in [3.63, 3.8) is 0 Å². The second-order valence-electron chi connectivity index (χ2n) is 6.15. The Morgan fingerprint density at radius 2 is 2.19 bits per heavy atom. The van der Waals surface area contributed by atoms with Crippen molar-refractivity contribution in [2.45, 2.75) is 42.8 Å². The van der Waals surface area contributed by atoms with Crippen LogP contribution in [-0.2, 0) is 16.1 Å². The number of hydrogen-bond acceptors (Lipinski definition) is 5. The highest BCUT2D eigenvalue weighted by molar-refractivity contribution is 8.00. The van der Waals surface area contributed by atoms with Crippen LogP contribution in [0.1, 0.15) is 19.8 Å². The number of amides is 3. The number of rotatable bonds is 6. The molecule has 1 fully saturated rings. The molecule has 3 amide bonds. The number of imide groups is 1. The Morgan fingerprint density at radius 3 is 2.85 bits per heavy atom. The maximum Gasteiger partial charge on any atom is 0.318 e. The minimum Gasteiger partial charge on any atom is -0.376 e. The number of carbonyl (C=O) groups excluding carboxylic acids is 2. The van der Waals surface area contributed by atoms with Gasteiger partial charge in [-0.15, -0.1) is 0 Å². The number of carbonyl (C=O) groups is 2. The number of aromatic nitrogens is 2. The van der Waals surface area contributed by atoms with Gasteiger partial charge in [-0.25, -0.2) is 9.78 Å². The molecular formula is C18H22N4O3S. The summed E-state index contributed by atoms with van der Waals surface area (Å²) in [6.07, 6.45) is 4.01. The van der Waals surface area contributed by atoms with Crippen molar-refractivity contribution >= 4 is 23.7 Å². The zero-order chi connectivity index (χ0) is 18.5. The summed E-state index contributed by atoms with van der Waals surface area (Å²) in [5.74, 6) is -0.435. The largest absolute Gasteiger partial charge is 0.376 e. The van der Waals surface area contributed by atoms with Crippen molar-refractivity contribution in [2.75, 3.05) is 6.61 Å². The zero-order valence-corrected chi connectivity index (χ0v) is 15.4. The number of benzene rings is 1. The van der Waals surface area contributed by atoms with Crippen LogP contribution in [-0.4, -0.2) is 39.5 Å². The topological polar surface area (TPSA) is 99.2 Å². The number of ether oxygens (including phenoxy) is 1. The van der Waals surface area contributed by atoms with E-state index in [-0.39, 0.29) is 6.10 Å². The van der Waals surface area contributed by atoms with Gasteiger partial charge < -0.3 is 15.0 Å². The Balaban J connectivity index is 1.85. The molecular weight excluding hydrogens is 352 g/mol. The van der Waals surface area contributed by atoms with Crippen LogP contribution in [0.3, 0.4) is 0 Å². The van der Waals surface area contributed by atoms with Crippen molar-refractivity contribution in [1.29, 1.82) is 0 Å². The van der Waals surface area contributed by atoms with Gasteiger partial charge in [-0.2, -0.15) is 0 Å². The van der Waals surface area contributed by atoms with Crippen molar-refractivity contribution < 1.29 is 14.3 Å². The highest BCUT2D eigenvalue weighted by Crippen LogP contribution is 2.30. The van der Waals surface area contributed by atoms with Crippen LogP contribution in [0.25, 0.3) is 11.3 Å². The molecule has 1 aromatic heterocycles. The first-order valence-electron chi connectivity index (χ1n) is 8.54. The lowest BCUT2D eigenvalue weighted by atomic mass is 10.1. The number of imidazole rings is 1. The van der Waals surface area contributed by atoms with Crippen molar-refractivity contribution in [2.24, 2.45) is 5.73 Å². The molecule has 2 atom stereocenters. The van der Waals surface area contributed by atoms with Crippen LogP contribution in [0.4, 0.5) is 4.79 Å². The molecule has 0 radical (unpaired) electrons. The fourth-order valence-electron chi connectivity index (χ4n) is 2.90. The van der Waals surface area contributed by atoms with E-state index in [1.807, 2.05) is 36.5 Å². The highest BCUT2D eigenvalue weighted by atomic mass is 32.2. The lowest BCUT2D eigenvalue weighted by Crippen LogP contribution is -2.39. The van der Waals surface area contributed by atoms with E-state index in [4.69, 9.17) is 10.5 Å². The van der Waals surface area contributed by atoms with E-state index in [0.29, 0.717) is 11.7 Å². The summed E-state index contributed by atoms with van der Waals surface area (Å²) in [7, 11) is 0. The van der Waals surface area contributed by atoms with E-state index in [0.717, 1.165) is 30.7 Å². The summed E-state index contributed by atoms with van der Waals surface area (Å²) in [6.45, 7) is 3.17. The summed E-state index contributed by atoms with van der Waals surface area (Å²) in [4.78, 5) is 27.4. The monoisotopic (exact) mass is 374 g/mol. The molecule has 1 aromatic carbocycles. The second kappa shape index (κ2) is 8.37. The predicted molar refractivity (Wildman–Crippen MR) is 99.7 cm³/mol. The maximum atomic E-state index is 12.0. The van der Waals surface area contributed by atoms with Gasteiger partial charge in [-0.3, -0.25) is 10.1 Å². The normalized spacial score (nSPS) is 17.8. The van der Waals surface area contributed by atoms with Crippen LogP contribution in [0.5, 0.6) is 0 Å². The molecule has 8 heteroatoms. The molecule has 2 aromatic rings. The number of primary amides is 1. The number of nitrogens with two attached hydrogens (primary N) is 1. The molecule has 1 saturated heterocycles. The molecule has 3 N–H and O–H groups in total. The van der Waals surface area contributed by atoms with E-state index in [9.17, 15) is 9.59 Å². The SMILES string of the molecule is C[C@@H](Sc1ncc(-c2ccccc2)n1C[C@H]1CCCO1)C(=O)NC(N)=O. The molecule has 3 rings (SSSR count). The molecule has 7 nitrogen and oxygen atoms in total. The Morgan fingerprint density at radius 1 is 1.42 bits per heavy atom. The van der Waals surface area contributed by atoms with E-state index >= 15 is 0 Å². The first kappa shape index (κ1) is 18.5. The van der Waals surface area contributed by atoms with E-state index in [1.165, 1.54) is 11.8 Å². The van der Waals surface area contributed by atoms with Crippen LogP contribution in [0, 0.1) is 0 Å². The molecule has 0 bridgehead atoms. The molecule has 0 unspecified atom stereocenters. The first-order chi connectivity index (χ1) is 12.5. The van der Waals surface area contributed by atoms with Crippen molar-refractivity contribution in [3.8, 4) is 11.3 Å². The first-order valence-corrected chi connectivity index (χ1v) is 9.42. The minimum atomic E-state index is -0.852. The average molecular weight is 374 g/mol. The van der Waals surface area contributed by atoms with E-state index in [2.05, 4.69) is 14.9 Å². The molecule has 1 aliphatic rings. The fourth-order valence-corrected chi connectivity index (χ4v) is 3.79. The summed E-state index contributed by atoms with van der Waals surface area (Å²) in [5.41, 5.74) is 7.06. The van der Waals surface area contributed by atoms with Gasteiger partial charge in [-0.1, -0.05) is 42.1 Å². The Kier molecular flexibility index (Phi) is 5.95. The van der Waals surface area contributed by atoms with Crippen LogP contribution >= 0.6 is 11.8 Å². The third-order valence-electron chi connectivity index (χ3n) is 4.20. The Hall–Kier alpha value is -2.32. The molecule has 0 saturated carbocycles. The molecule has 1 aliphatic heterocycles. The second-order valence-corrected chi connectivity index (χ2v) is 7.46. The van der Waals surface area contributed by atoms with Crippen molar-refractivity contribution in [3.05, 3.63) is 36.5 Å². The number of thioether (sulfide) groups is 1. The number of nitrogens with one attached hydrogen (secondary N) is 1. The van der Waals surface area contributed by atoms with Gasteiger partial charge in [0.2, 0.25) is 5.91 Å². The number of nitrogens with zero attached hydrogens (tertiary/aromatic N) is 2. The molecule has 26 heavy (non-hydrogen) atoms. The molecule has 0 spiro atoms. The quantitative estimate of drug-likeness (QED) is 0.757. The highest BCUT2D eigenvalue weighted by Gasteiger charge is 2.23. The maximum absolute atomic E-state index is 12.0. The molecule has 138 valence electrons. The van der Waals surface area contributed by atoms with E-state index < -0.39 is 17.2 Å². The van der Waals surface area contributed by atoms with Crippen molar-refractivity contribution in [1.82, 2.24) is 14.9 Å². The lowest BCUT2D eigenvalue weighted by Gasteiger charge is -2.17. The molecule has 0 aliphatic carbocycles. The smallest absolute Gasteiger partial charge is 0.318 e. The standard InChI is InChI=1S/C18H22N4O3S/c1-12(16(23)21-17(19)24)26-18-20-10-15(13-6-3-2-4-7-13)22(18)11-14-8-5-9-25-14/h2-4,6-7,10,12,14H,5,8-9,11H2,1H3,(H3,19,21,23,24)/t12-,14-/m1/s1. The van der Waals surface area contributed by atoms with Gasteiger partial charge in [-0.05, 0) is 25.3 Å². The van der Waals surface area contributed by atoms with Crippen LogP contribution in [0.15, 0.2) is 41.7 Å². The minimum absolute atomic E-state index is 0.140. The summed E-state index contributed by atoms with van der Waals surface area (Å²) in [6, 6.07) is 9.13. The van der Waals surface area contributed by atoms with Crippen LogP contribution in [0.2, 0.25) is 0 Å². The fraction of sp³-hybridized carbons (Fsp3) is 0.389. The van der Waals surface area contributed by atoms with Gasteiger partial charge in [0.15, 0.2) is 5.16 Å². The van der Waals surface area contributed by atoms with Gasteiger partial charge >= 0.3 is 6.03 Å². The van der Waals surface area contributed by atoms with Crippen LogP contribution < -0.4 is 11.1 Å². The number of urea groups is 1. The Bertz CT molecular complexity index is 772. The average Bonchev–Trinajstić information content (AvgIpc) is 3.26. The van der Waals surface area contributed by atoms with E-state index in [1.54, 1.807) is 6.92 Å². The summed E-state index contributed by atoms with van der Waals surface area (Å²) in [5, 5.41) is 2.32. The third-order valence-corrected chi connectivity index (χ3v) is 5.30. The Labute approximate surface area is 156 Å². The van der Waals surface area contributed by atoms with Gasteiger partial charge in [0.05, 0.1) is 29.8 Å². The zero-order valence-electron chi connectivity index (χ0n) is 14.6. The van der Waals surface area contributed by atoms with Gasteiger partial charge in [0, 0.05) is 6.61 Å². The predicted octanol–water partition coefficient (Wildman–Crippen LogP) is 2.40. The van der Waals surface area contributed by atoms with Gasteiger partial charge in [0.1, 0.15) is 0 Å². The molecule has 2 heterocycles. The third kappa shape index (κ3) is 4.44. The van der Waals surface area contributed by atoms with Gasteiger partial charge in [0.25, 0.3) is 0 Å². The number of hydrogen-bond donors (Lipinski definition) is 2. The summed E-state index contributed by atoms with van der Waals surface area (Å²) < 4.78 is 7.87. The summed E-state index contributed by atoms with van der Waals surface area (Å²) >= 11 is 1.30. The lowest BCUT2D eigenvalue weighted by molar-refractivity contribution is -0.119.